The van der Waals surface area contributed by atoms with Crippen LogP contribution in [0.15, 0.2) is 18.2 Å². The molecule has 1 aromatic carbocycles. The van der Waals surface area contributed by atoms with Crippen molar-refractivity contribution in [2.75, 3.05) is 13.7 Å². The summed E-state index contributed by atoms with van der Waals surface area (Å²) in [4.78, 5) is 12.2. The van der Waals surface area contributed by atoms with Gasteiger partial charge in [-0.15, -0.1) is 0 Å². The Hall–Kier alpha value is -1.46. The molecular weight excluding hydrogens is 285 g/mol. The third-order valence-corrected chi connectivity index (χ3v) is 3.74. The van der Waals surface area contributed by atoms with E-state index in [1.54, 1.807) is 0 Å². The molecule has 1 unspecified atom stereocenters. The third kappa shape index (κ3) is 4.78. The van der Waals surface area contributed by atoms with Gasteiger partial charge in [-0.1, -0.05) is 27.7 Å². The Kier molecular flexibility index (Phi) is 6.50. The van der Waals surface area contributed by atoms with Crippen molar-refractivity contribution in [3.05, 3.63) is 35.1 Å². The van der Waals surface area contributed by atoms with Crippen molar-refractivity contribution in [1.29, 1.82) is 0 Å². The van der Waals surface area contributed by atoms with Gasteiger partial charge in [0.15, 0.2) is 0 Å². The predicted molar refractivity (Wildman–Crippen MR) is 84.1 cm³/mol. The van der Waals surface area contributed by atoms with Crippen molar-refractivity contribution in [2.45, 2.75) is 40.4 Å². The van der Waals surface area contributed by atoms with E-state index in [1.807, 2.05) is 27.7 Å². The van der Waals surface area contributed by atoms with E-state index in [2.05, 4.69) is 5.32 Å². The summed E-state index contributed by atoms with van der Waals surface area (Å²) in [5.74, 6) is -0.582. The molecule has 22 heavy (non-hydrogen) atoms. The molecule has 1 amide bonds. The molecule has 0 heterocycles. The molecule has 1 atom stereocenters. The predicted octanol–water partition coefficient (Wildman–Crippen LogP) is 2.75. The quantitative estimate of drug-likeness (QED) is 0.814. The zero-order valence-electron chi connectivity index (χ0n) is 13.9. The Morgan fingerprint density at radius 2 is 2.05 bits per heavy atom. The van der Waals surface area contributed by atoms with Crippen LogP contribution in [-0.4, -0.2) is 30.8 Å². The van der Waals surface area contributed by atoms with E-state index in [4.69, 9.17) is 4.74 Å². The maximum absolute atomic E-state index is 13.5. The molecule has 0 aliphatic heterocycles. The normalized spacial score (nSPS) is 13.3. The minimum atomic E-state index is -0.523. The number of nitrogens with one attached hydrogen (secondary N) is 1. The standard InChI is InChI=1S/C17H26FNO3/c1-11(2)15(20)17(3,4)10-19-16(21)12-6-7-14(18)13(8-12)9-22-5/h6-8,11,15,20H,9-10H2,1-5H3,(H,19,21). The molecule has 0 aromatic heterocycles. The maximum atomic E-state index is 13.5. The van der Waals surface area contributed by atoms with Gasteiger partial charge in [0.1, 0.15) is 5.82 Å². The number of aliphatic hydroxyl groups excluding tert-OH is 1. The molecule has 5 heteroatoms. The summed E-state index contributed by atoms with van der Waals surface area (Å²) in [6.07, 6.45) is -0.523. The van der Waals surface area contributed by atoms with Gasteiger partial charge in [-0.3, -0.25) is 4.79 Å². The van der Waals surface area contributed by atoms with Crippen LogP contribution >= 0.6 is 0 Å². The van der Waals surface area contributed by atoms with Gasteiger partial charge in [-0.05, 0) is 24.1 Å². The van der Waals surface area contributed by atoms with Gasteiger partial charge in [-0.2, -0.15) is 0 Å². The monoisotopic (exact) mass is 311 g/mol. The van der Waals surface area contributed by atoms with Crippen LogP contribution in [0.25, 0.3) is 0 Å². The lowest BCUT2D eigenvalue weighted by Gasteiger charge is -2.33. The average Bonchev–Trinajstić information content (AvgIpc) is 2.46. The Morgan fingerprint density at radius 3 is 2.59 bits per heavy atom. The van der Waals surface area contributed by atoms with Crippen LogP contribution in [-0.2, 0) is 11.3 Å². The van der Waals surface area contributed by atoms with E-state index in [-0.39, 0.29) is 18.4 Å². The lowest BCUT2D eigenvalue weighted by molar-refractivity contribution is 0.0138. The topological polar surface area (TPSA) is 58.6 Å². The van der Waals surface area contributed by atoms with Crippen LogP contribution < -0.4 is 5.32 Å². The van der Waals surface area contributed by atoms with Gasteiger partial charge >= 0.3 is 0 Å². The van der Waals surface area contributed by atoms with Crippen molar-refractivity contribution in [1.82, 2.24) is 5.32 Å². The summed E-state index contributed by atoms with van der Waals surface area (Å²) in [6, 6.07) is 4.19. The van der Waals surface area contributed by atoms with E-state index in [1.165, 1.54) is 25.3 Å². The molecule has 4 nitrogen and oxygen atoms in total. The zero-order valence-corrected chi connectivity index (χ0v) is 13.9. The van der Waals surface area contributed by atoms with Crippen LogP contribution in [0.4, 0.5) is 4.39 Å². The van der Waals surface area contributed by atoms with E-state index < -0.39 is 17.3 Å². The second-order valence-electron chi connectivity index (χ2n) is 6.60. The SMILES string of the molecule is COCc1cc(C(=O)NCC(C)(C)C(O)C(C)C)ccc1F. The molecule has 124 valence electrons. The van der Waals surface area contributed by atoms with Gasteiger partial charge in [0, 0.05) is 30.2 Å². The summed E-state index contributed by atoms with van der Waals surface area (Å²) in [7, 11) is 1.47. The molecular formula is C17H26FNO3. The molecule has 0 aliphatic rings. The van der Waals surface area contributed by atoms with Crippen LogP contribution in [0.5, 0.6) is 0 Å². The summed E-state index contributed by atoms with van der Waals surface area (Å²) in [5, 5.41) is 13.0. The van der Waals surface area contributed by atoms with Crippen LogP contribution in [0.2, 0.25) is 0 Å². The zero-order chi connectivity index (χ0) is 16.9. The highest BCUT2D eigenvalue weighted by Gasteiger charge is 2.30. The molecule has 0 aliphatic carbocycles. The number of hydrogen-bond donors (Lipinski definition) is 2. The minimum Gasteiger partial charge on any atom is -0.392 e. The molecule has 0 fully saturated rings. The number of rotatable bonds is 7. The van der Waals surface area contributed by atoms with Crippen molar-refractivity contribution in [3.63, 3.8) is 0 Å². The fraction of sp³-hybridized carbons (Fsp3) is 0.588. The number of carbonyl (C=O) groups is 1. The number of hydrogen-bond acceptors (Lipinski definition) is 3. The van der Waals surface area contributed by atoms with Crippen LogP contribution in [0.3, 0.4) is 0 Å². The first kappa shape index (κ1) is 18.6. The number of benzene rings is 1. The first-order valence-electron chi connectivity index (χ1n) is 7.42. The number of halogens is 1. The molecule has 1 aromatic rings. The van der Waals surface area contributed by atoms with Gasteiger partial charge in [0.25, 0.3) is 5.91 Å². The van der Waals surface area contributed by atoms with Crippen molar-refractivity contribution >= 4 is 5.91 Å². The van der Waals surface area contributed by atoms with Gasteiger partial charge in [0.05, 0.1) is 12.7 Å². The van der Waals surface area contributed by atoms with Gasteiger partial charge in [-0.25, -0.2) is 4.39 Å². The van der Waals surface area contributed by atoms with Gasteiger partial charge in [0.2, 0.25) is 0 Å². The van der Waals surface area contributed by atoms with Crippen molar-refractivity contribution < 1.29 is 19.0 Å². The fourth-order valence-corrected chi connectivity index (χ4v) is 2.40. The molecule has 0 bridgehead atoms. The molecule has 1 rings (SSSR count). The van der Waals surface area contributed by atoms with Crippen molar-refractivity contribution in [2.24, 2.45) is 11.3 Å². The van der Waals surface area contributed by atoms with Crippen LogP contribution in [0, 0.1) is 17.2 Å². The molecule has 2 N–H and O–H groups in total. The smallest absolute Gasteiger partial charge is 0.251 e. The van der Waals surface area contributed by atoms with E-state index in [0.717, 1.165) is 0 Å². The Labute approximate surface area is 131 Å². The number of aliphatic hydroxyl groups is 1. The lowest BCUT2D eigenvalue weighted by atomic mass is 9.80. The number of amides is 1. The molecule has 0 saturated heterocycles. The second-order valence-corrected chi connectivity index (χ2v) is 6.60. The second kappa shape index (κ2) is 7.70. The van der Waals surface area contributed by atoms with Gasteiger partial charge < -0.3 is 15.2 Å². The van der Waals surface area contributed by atoms with E-state index >= 15 is 0 Å². The molecule has 0 spiro atoms. The summed E-state index contributed by atoms with van der Waals surface area (Å²) in [6.45, 7) is 8.13. The Balaban J connectivity index is 2.75. The molecule has 0 saturated carbocycles. The summed E-state index contributed by atoms with van der Waals surface area (Å²) < 4.78 is 18.5. The Morgan fingerprint density at radius 1 is 1.41 bits per heavy atom. The van der Waals surface area contributed by atoms with Crippen molar-refractivity contribution in [3.8, 4) is 0 Å². The third-order valence-electron chi connectivity index (χ3n) is 3.74. The first-order chi connectivity index (χ1) is 10.2. The fourth-order valence-electron chi connectivity index (χ4n) is 2.40. The highest BCUT2D eigenvalue weighted by Crippen LogP contribution is 2.25. The minimum absolute atomic E-state index is 0.103. The Bertz CT molecular complexity index is 515. The summed E-state index contributed by atoms with van der Waals surface area (Å²) in [5.41, 5.74) is 0.277. The summed E-state index contributed by atoms with van der Waals surface area (Å²) >= 11 is 0. The highest BCUT2D eigenvalue weighted by molar-refractivity contribution is 5.94. The maximum Gasteiger partial charge on any atom is 0.251 e. The molecule has 0 radical (unpaired) electrons. The number of ether oxygens (including phenoxy) is 1. The first-order valence-corrected chi connectivity index (χ1v) is 7.42. The lowest BCUT2D eigenvalue weighted by Crippen LogP contribution is -2.43. The van der Waals surface area contributed by atoms with E-state index in [9.17, 15) is 14.3 Å². The van der Waals surface area contributed by atoms with E-state index in [0.29, 0.717) is 17.7 Å². The largest absolute Gasteiger partial charge is 0.392 e. The highest BCUT2D eigenvalue weighted by atomic mass is 19.1. The van der Waals surface area contributed by atoms with Crippen LogP contribution in [0.1, 0.15) is 43.6 Å². The number of carbonyl (C=O) groups excluding carboxylic acids is 1. The average molecular weight is 311 g/mol. The number of methoxy groups -OCH3 is 1.